The van der Waals surface area contributed by atoms with E-state index >= 15 is 0 Å². The minimum Gasteiger partial charge on any atom is -0.337 e. The summed E-state index contributed by atoms with van der Waals surface area (Å²) in [5, 5.41) is 8.20. The fourth-order valence-electron chi connectivity index (χ4n) is 3.65. The molecule has 1 aliphatic heterocycles. The monoisotopic (exact) mass is 408 g/mol. The van der Waals surface area contributed by atoms with Crippen LogP contribution >= 0.6 is 0 Å². The molecule has 3 heterocycles. The van der Waals surface area contributed by atoms with Gasteiger partial charge in [0.15, 0.2) is 11.5 Å². The number of amides is 2. The van der Waals surface area contributed by atoms with E-state index in [9.17, 15) is 9.59 Å². The van der Waals surface area contributed by atoms with E-state index in [1.807, 2.05) is 25.1 Å². The van der Waals surface area contributed by atoms with Gasteiger partial charge in [-0.2, -0.15) is 10.1 Å². The number of hydrogen-bond acceptors (Lipinski definition) is 6. The number of benzene rings is 1. The Morgan fingerprint density at radius 3 is 2.50 bits per heavy atom. The summed E-state index contributed by atoms with van der Waals surface area (Å²) in [4.78, 5) is 34.2. The Balaban J connectivity index is 1.66. The Kier molecular flexibility index (Phi) is 5.35. The first-order chi connectivity index (χ1) is 14.4. The van der Waals surface area contributed by atoms with Gasteiger partial charge in [0.2, 0.25) is 0 Å². The summed E-state index contributed by atoms with van der Waals surface area (Å²) in [6.07, 6.45) is 0.639. The van der Waals surface area contributed by atoms with E-state index < -0.39 is 6.04 Å². The molecule has 1 saturated heterocycles. The third kappa shape index (κ3) is 3.83. The normalized spacial score (nSPS) is 17.1. The fraction of sp³-hybridized carbons (Fsp3) is 0.381. The summed E-state index contributed by atoms with van der Waals surface area (Å²) in [6, 6.07) is 10.3. The zero-order valence-corrected chi connectivity index (χ0v) is 17.3. The highest BCUT2D eigenvalue weighted by molar-refractivity contribution is 5.95. The van der Waals surface area contributed by atoms with Crippen molar-refractivity contribution in [1.82, 2.24) is 29.7 Å². The van der Waals surface area contributed by atoms with E-state index in [1.54, 1.807) is 46.7 Å². The van der Waals surface area contributed by atoms with Gasteiger partial charge in [-0.05, 0) is 38.5 Å². The average molecular weight is 408 g/mol. The van der Waals surface area contributed by atoms with Gasteiger partial charge in [-0.3, -0.25) is 14.3 Å². The van der Waals surface area contributed by atoms with Gasteiger partial charge in [0.25, 0.3) is 17.7 Å². The van der Waals surface area contributed by atoms with Gasteiger partial charge >= 0.3 is 0 Å². The Morgan fingerprint density at radius 2 is 1.87 bits per heavy atom. The number of rotatable bonds is 3. The van der Waals surface area contributed by atoms with E-state index in [-0.39, 0.29) is 18.4 Å². The van der Waals surface area contributed by atoms with Crippen LogP contribution in [0.4, 0.5) is 0 Å². The van der Waals surface area contributed by atoms with E-state index in [0.717, 1.165) is 5.69 Å². The van der Waals surface area contributed by atoms with Crippen molar-refractivity contribution in [3.63, 3.8) is 0 Å². The number of nitrogens with zero attached hydrogens (tertiary/aromatic N) is 6. The van der Waals surface area contributed by atoms with Crippen LogP contribution in [0.5, 0.6) is 0 Å². The SMILES string of the molecule is Cc1noc(C2CN(C(=O)c3cc(C)n(C)n3)CCCN2C(=O)c2ccccc2)n1. The van der Waals surface area contributed by atoms with Crippen LogP contribution in [0.1, 0.15) is 50.7 Å². The van der Waals surface area contributed by atoms with Gasteiger partial charge in [-0.25, -0.2) is 0 Å². The largest absolute Gasteiger partial charge is 0.337 e. The lowest BCUT2D eigenvalue weighted by Crippen LogP contribution is -2.40. The lowest BCUT2D eigenvalue weighted by atomic mass is 10.1. The van der Waals surface area contributed by atoms with Crippen LogP contribution < -0.4 is 0 Å². The highest BCUT2D eigenvalue weighted by Crippen LogP contribution is 2.27. The second-order valence-electron chi connectivity index (χ2n) is 7.46. The van der Waals surface area contributed by atoms with Gasteiger partial charge in [-0.15, -0.1) is 0 Å². The summed E-state index contributed by atoms with van der Waals surface area (Å²) < 4.78 is 7.10. The van der Waals surface area contributed by atoms with Crippen LogP contribution in [0.15, 0.2) is 40.9 Å². The molecule has 1 fully saturated rings. The molecule has 0 N–H and O–H groups in total. The van der Waals surface area contributed by atoms with Crippen molar-refractivity contribution in [2.75, 3.05) is 19.6 Å². The van der Waals surface area contributed by atoms with Crippen molar-refractivity contribution < 1.29 is 14.1 Å². The number of aryl methyl sites for hydroxylation is 3. The molecule has 9 nitrogen and oxygen atoms in total. The van der Waals surface area contributed by atoms with Crippen LogP contribution in [0, 0.1) is 13.8 Å². The van der Waals surface area contributed by atoms with Crippen molar-refractivity contribution in [1.29, 1.82) is 0 Å². The molecular formula is C21H24N6O3. The molecule has 1 atom stereocenters. The third-order valence-electron chi connectivity index (χ3n) is 5.33. The number of hydrogen-bond donors (Lipinski definition) is 0. The Labute approximate surface area is 174 Å². The number of carbonyl (C=O) groups is 2. The zero-order valence-electron chi connectivity index (χ0n) is 17.3. The fourth-order valence-corrected chi connectivity index (χ4v) is 3.65. The van der Waals surface area contributed by atoms with Crippen molar-refractivity contribution >= 4 is 11.8 Å². The first-order valence-corrected chi connectivity index (χ1v) is 9.90. The molecule has 0 radical (unpaired) electrons. The highest BCUT2D eigenvalue weighted by Gasteiger charge is 2.36. The molecule has 0 aliphatic carbocycles. The first-order valence-electron chi connectivity index (χ1n) is 9.90. The topological polar surface area (TPSA) is 97.4 Å². The smallest absolute Gasteiger partial charge is 0.274 e. The second kappa shape index (κ2) is 8.10. The van der Waals surface area contributed by atoms with Gasteiger partial charge in [0.1, 0.15) is 6.04 Å². The van der Waals surface area contributed by atoms with E-state index in [2.05, 4.69) is 15.2 Å². The third-order valence-corrected chi connectivity index (χ3v) is 5.33. The summed E-state index contributed by atoms with van der Waals surface area (Å²) in [5.74, 6) is 0.515. The molecule has 2 amide bonds. The van der Waals surface area contributed by atoms with E-state index in [1.165, 1.54) is 0 Å². The predicted molar refractivity (Wildman–Crippen MR) is 108 cm³/mol. The average Bonchev–Trinajstić information content (AvgIpc) is 3.25. The Hall–Kier alpha value is -3.49. The molecule has 1 unspecified atom stereocenters. The summed E-state index contributed by atoms with van der Waals surface area (Å²) in [7, 11) is 1.80. The molecule has 1 aliphatic rings. The molecule has 0 spiro atoms. The summed E-state index contributed by atoms with van der Waals surface area (Å²) >= 11 is 0. The maximum absolute atomic E-state index is 13.3. The molecule has 30 heavy (non-hydrogen) atoms. The predicted octanol–water partition coefficient (Wildman–Crippen LogP) is 2.15. The van der Waals surface area contributed by atoms with Gasteiger partial charge in [-0.1, -0.05) is 23.4 Å². The van der Waals surface area contributed by atoms with Crippen molar-refractivity contribution in [3.8, 4) is 0 Å². The van der Waals surface area contributed by atoms with E-state index in [0.29, 0.717) is 42.5 Å². The number of aromatic nitrogens is 4. The number of carbonyl (C=O) groups excluding carboxylic acids is 2. The minimum atomic E-state index is -0.532. The van der Waals surface area contributed by atoms with Crippen molar-refractivity contribution in [3.05, 3.63) is 65.1 Å². The molecule has 3 aromatic rings. The molecule has 1 aromatic carbocycles. The van der Waals surface area contributed by atoms with E-state index in [4.69, 9.17) is 4.52 Å². The summed E-state index contributed by atoms with van der Waals surface area (Å²) in [5.41, 5.74) is 1.87. The summed E-state index contributed by atoms with van der Waals surface area (Å²) in [6.45, 7) is 4.87. The highest BCUT2D eigenvalue weighted by atomic mass is 16.5. The Bertz CT molecular complexity index is 1040. The van der Waals surface area contributed by atoms with Crippen LogP contribution in [0.2, 0.25) is 0 Å². The second-order valence-corrected chi connectivity index (χ2v) is 7.46. The first kappa shape index (κ1) is 19.8. The van der Waals surface area contributed by atoms with Crippen molar-refractivity contribution in [2.24, 2.45) is 7.05 Å². The lowest BCUT2D eigenvalue weighted by Gasteiger charge is -2.29. The van der Waals surface area contributed by atoms with Crippen LogP contribution in [-0.2, 0) is 7.05 Å². The molecule has 2 aromatic heterocycles. The van der Waals surface area contributed by atoms with Gasteiger partial charge < -0.3 is 14.3 Å². The van der Waals surface area contributed by atoms with Crippen LogP contribution in [0.3, 0.4) is 0 Å². The molecular weight excluding hydrogens is 384 g/mol. The molecule has 156 valence electrons. The lowest BCUT2D eigenvalue weighted by molar-refractivity contribution is 0.0590. The maximum atomic E-state index is 13.3. The van der Waals surface area contributed by atoms with Gasteiger partial charge in [0.05, 0.1) is 6.54 Å². The van der Waals surface area contributed by atoms with Crippen molar-refractivity contribution in [2.45, 2.75) is 26.3 Å². The maximum Gasteiger partial charge on any atom is 0.274 e. The molecule has 4 rings (SSSR count). The molecule has 9 heteroatoms. The molecule has 0 saturated carbocycles. The van der Waals surface area contributed by atoms with Crippen LogP contribution in [-0.4, -0.2) is 61.2 Å². The van der Waals surface area contributed by atoms with Gasteiger partial charge in [0, 0.05) is 31.4 Å². The zero-order chi connectivity index (χ0) is 21.3. The quantitative estimate of drug-likeness (QED) is 0.659. The van der Waals surface area contributed by atoms with Crippen LogP contribution in [0.25, 0.3) is 0 Å². The molecule has 0 bridgehead atoms. The Morgan fingerprint density at radius 1 is 1.10 bits per heavy atom. The minimum absolute atomic E-state index is 0.126. The standard InChI is InChI=1S/C21H24N6O3/c1-14-12-17(23-25(14)3)21(29)26-10-7-11-27(20(28)16-8-5-4-6-9-16)18(13-26)19-22-15(2)24-30-19/h4-6,8-9,12,18H,7,10-11,13H2,1-3H3.